The number of nitrogen functional groups attached to an aromatic ring is 1. The molecular formula is C15H24N2O3S. The molecule has 5 nitrogen and oxygen atoms in total. The molecule has 0 atom stereocenters. The Labute approximate surface area is 127 Å². The summed E-state index contributed by atoms with van der Waals surface area (Å²) < 4.78 is 32.0. The Hall–Kier alpha value is -1.11. The summed E-state index contributed by atoms with van der Waals surface area (Å²) in [7, 11) is -3.32. The lowest BCUT2D eigenvalue weighted by molar-refractivity contribution is 0.0906. The minimum Gasteiger partial charge on any atom is -0.398 e. The van der Waals surface area contributed by atoms with Crippen LogP contribution < -0.4 is 5.73 Å². The van der Waals surface area contributed by atoms with Gasteiger partial charge in [0.25, 0.3) is 0 Å². The molecule has 0 unspecified atom stereocenters. The van der Waals surface area contributed by atoms with Crippen LogP contribution in [0.2, 0.25) is 0 Å². The number of anilines is 1. The number of sulfonamides is 1. The Morgan fingerprint density at radius 2 is 2.00 bits per heavy atom. The molecule has 0 aliphatic heterocycles. The van der Waals surface area contributed by atoms with Gasteiger partial charge in [-0.05, 0) is 38.3 Å². The molecule has 0 bridgehead atoms. The van der Waals surface area contributed by atoms with Crippen molar-refractivity contribution in [3.05, 3.63) is 29.8 Å². The van der Waals surface area contributed by atoms with Crippen molar-refractivity contribution in [2.75, 3.05) is 18.1 Å². The third kappa shape index (κ3) is 4.69. The van der Waals surface area contributed by atoms with Crippen LogP contribution in [0, 0.1) is 0 Å². The molecule has 1 aliphatic carbocycles. The average Bonchev–Trinajstić information content (AvgIpc) is 3.21. The second kappa shape index (κ2) is 6.77. The van der Waals surface area contributed by atoms with Crippen LogP contribution in [-0.2, 0) is 21.3 Å². The molecule has 1 aromatic rings. The van der Waals surface area contributed by atoms with E-state index in [0.29, 0.717) is 12.2 Å². The minimum atomic E-state index is -3.32. The zero-order valence-corrected chi connectivity index (χ0v) is 13.5. The van der Waals surface area contributed by atoms with E-state index >= 15 is 0 Å². The lowest BCUT2D eigenvalue weighted by Gasteiger charge is -2.23. The van der Waals surface area contributed by atoms with E-state index in [2.05, 4.69) is 0 Å². The molecule has 0 amide bonds. The number of nitrogens with two attached hydrogens (primary N) is 1. The van der Waals surface area contributed by atoms with Crippen molar-refractivity contribution in [2.45, 2.75) is 45.4 Å². The van der Waals surface area contributed by atoms with Crippen molar-refractivity contribution < 1.29 is 13.2 Å². The first-order valence-electron chi connectivity index (χ1n) is 7.34. The van der Waals surface area contributed by atoms with E-state index in [9.17, 15) is 8.42 Å². The molecule has 0 aromatic heterocycles. The summed E-state index contributed by atoms with van der Waals surface area (Å²) in [6.45, 7) is 4.38. The molecule has 2 N–H and O–H groups in total. The van der Waals surface area contributed by atoms with Gasteiger partial charge in [0.1, 0.15) is 0 Å². The summed E-state index contributed by atoms with van der Waals surface area (Å²) in [5, 5.41) is 0. The van der Waals surface area contributed by atoms with Crippen molar-refractivity contribution in [1.29, 1.82) is 0 Å². The Kier molecular flexibility index (Phi) is 5.24. The monoisotopic (exact) mass is 312 g/mol. The van der Waals surface area contributed by atoms with Gasteiger partial charge in [0.2, 0.25) is 10.0 Å². The normalized spacial score (nSPS) is 15.8. The second-order valence-electron chi connectivity index (χ2n) is 5.71. The van der Waals surface area contributed by atoms with Gasteiger partial charge in [0, 0.05) is 18.3 Å². The van der Waals surface area contributed by atoms with Gasteiger partial charge < -0.3 is 10.5 Å². The lowest BCUT2D eigenvalue weighted by atomic mass is 10.2. The predicted molar refractivity (Wildman–Crippen MR) is 84.3 cm³/mol. The van der Waals surface area contributed by atoms with E-state index < -0.39 is 10.0 Å². The Balaban J connectivity index is 2.06. The number of ether oxygens (including phenoxy) is 1. The smallest absolute Gasteiger partial charge is 0.216 e. The second-order valence-corrected chi connectivity index (χ2v) is 7.75. The van der Waals surface area contributed by atoms with Gasteiger partial charge in [-0.3, -0.25) is 0 Å². The van der Waals surface area contributed by atoms with Crippen molar-refractivity contribution in [3.8, 4) is 0 Å². The quantitative estimate of drug-likeness (QED) is 0.745. The van der Waals surface area contributed by atoms with E-state index in [4.69, 9.17) is 10.5 Å². The maximum Gasteiger partial charge on any atom is 0.216 e. The summed E-state index contributed by atoms with van der Waals surface area (Å²) >= 11 is 0. The highest BCUT2D eigenvalue weighted by molar-refractivity contribution is 7.89. The van der Waals surface area contributed by atoms with Crippen molar-refractivity contribution in [1.82, 2.24) is 4.31 Å². The fourth-order valence-corrected chi connectivity index (χ4v) is 3.71. The first-order valence-corrected chi connectivity index (χ1v) is 8.95. The van der Waals surface area contributed by atoms with Crippen molar-refractivity contribution >= 4 is 15.7 Å². The third-order valence-corrected chi connectivity index (χ3v) is 5.31. The fourth-order valence-electron chi connectivity index (χ4n) is 2.17. The molecule has 1 saturated carbocycles. The zero-order chi connectivity index (χ0) is 15.5. The zero-order valence-electron chi connectivity index (χ0n) is 12.7. The summed E-state index contributed by atoms with van der Waals surface area (Å²) in [5.41, 5.74) is 7.42. The molecule has 1 aliphatic rings. The van der Waals surface area contributed by atoms with Gasteiger partial charge in [-0.15, -0.1) is 0 Å². The molecule has 1 aromatic carbocycles. The number of hydrogen-bond donors (Lipinski definition) is 1. The molecule has 0 heterocycles. The van der Waals surface area contributed by atoms with E-state index in [-0.39, 0.29) is 24.5 Å². The molecule has 0 spiro atoms. The summed E-state index contributed by atoms with van der Waals surface area (Å²) in [4.78, 5) is 0. The number of rotatable bonds is 8. The van der Waals surface area contributed by atoms with Crippen LogP contribution in [0.1, 0.15) is 32.3 Å². The summed E-state index contributed by atoms with van der Waals surface area (Å²) in [6.07, 6.45) is 1.90. The Morgan fingerprint density at radius 1 is 1.33 bits per heavy atom. The van der Waals surface area contributed by atoms with E-state index in [1.54, 1.807) is 10.4 Å². The third-order valence-electron chi connectivity index (χ3n) is 3.49. The minimum absolute atomic E-state index is 0.0222. The van der Waals surface area contributed by atoms with Gasteiger partial charge in [-0.25, -0.2) is 8.42 Å². The molecule has 1 fully saturated rings. The topological polar surface area (TPSA) is 72.6 Å². The van der Waals surface area contributed by atoms with Crippen LogP contribution in [0.5, 0.6) is 0 Å². The van der Waals surface area contributed by atoms with Gasteiger partial charge in [0.15, 0.2) is 0 Å². The highest BCUT2D eigenvalue weighted by Crippen LogP contribution is 2.31. The highest BCUT2D eigenvalue weighted by Gasteiger charge is 2.37. The van der Waals surface area contributed by atoms with Crippen LogP contribution in [0.4, 0.5) is 5.69 Å². The molecule has 21 heavy (non-hydrogen) atoms. The molecule has 2 rings (SSSR count). The maximum atomic E-state index is 12.5. The van der Waals surface area contributed by atoms with Gasteiger partial charge in [-0.2, -0.15) is 4.31 Å². The van der Waals surface area contributed by atoms with Gasteiger partial charge in [0.05, 0.1) is 18.5 Å². The van der Waals surface area contributed by atoms with Crippen LogP contribution in [0.15, 0.2) is 24.3 Å². The van der Waals surface area contributed by atoms with Crippen LogP contribution in [0.3, 0.4) is 0 Å². The summed E-state index contributed by atoms with van der Waals surface area (Å²) in [6, 6.07) is 7.53. The van der Waals surface area contributed by atoms with Crippen molar-refractivity contribution in [2.24, 2.45) is 0 Å². The Bertz CT molecular complexity index is 568. The molecule has 0 saturated heterocycles. The van der Waals surface area contributed by atoms with E-state index in [1.807, 2.05) is 32.0 Å². The molecule has 6 heteroatoms. The highest BCUT2D eigenvalue weighted by atomic mass is 32.2. The number of hydrogen-bond acceptors (Lipinski definition) is 4. The number of nitrogens with zero attached hydrogens (tertiary/aromatic N) is 1. The van der Waals surface area contributed by atoms with E-state index in [1.165, 1.54) is 0 Å². The summed E-state index contributed by atoms with van der Waals surface area (Å²) in [5.74, 6) is 0.0222. The van der Waals surface area contributed by atoms with Crippen molar-refractivity contribution in [3.63, 3.8) is 0 Å². The van der Waals surface area contributed by atoms with Crippen LogP contribution in [-0.4, -0.2) is 37.2 Å². The predicted octanol–water partition coefficient (Wildman–Crippen LogP) is 1.99. The lowest BCUT2D eigenvalue weighted by Crippen LogP contribution is -2.36. The van der Waals surface area contributed by atoms with Crippen LogP contribution in [0.25, 0.3) is 0 Å². The molecule has 0 radical (unpaired) electrons. The average molecular weight is 312 g/mol. The maximum absolute atomic E-state index is 12.5. The first kappa shape index (κ1) is 16.3. The largest absolute Gasteiger partial charge is 0.398 e. The fraction of sp³-hybridized carbons (Fsp3) is 0.600. The molecule has 118 valence electrons. The standard InChI is InChI=1S/C15H24N2O3S/c1-12(2)20-9-10-21(18,19)17(14-7-8-14)11-13-5-3-4-6-15(13)16/h3-6,12,14H,7-11,16H2,1-2H3. The molecular weight excluding hydrogens is 288 g/mol. The Morgan fingerprint density at radius 3 is 2.57 bits per heavy atom. The van der Waals surface area contributed by atoms with Crippen LogP contribution >= 0.6 is 0 Å². The number of para-hydroxylation sites is 1. The van der Waals surface area contributed by atoms with E-state index in [0.717, 1.165) is 18.4 Å². The van der Waals surface area contributed by atoms with Gasteiger partial charge in [-0.1, -0.05) is 18.2 Å². The van der Waals surface area contributed by atoms with Gasteiger partial charge >= 0.3 is 0 Å². The SMILES string of the molecule is CC(C)OCCS(=O)(=O)N(Cc1ccccc1N)C1CC1. The first-order chi connectivity index (χ1) is 9.90. The number of benzene rings is 1.